The third kappa shape index (κ3) is 8.01. The molecule has 0 saturated carbocycles. The van der Waals surface area contributed by atoms with Gasteiger partial charge < -0.3 is 24.1 Å². The fraction of sp³-hybridized carbons (Fsp3) is 0.290. The monoisotopic (exact) mass is 547 g/mol. The standard InChI is InChI=1S/C31H34ClN3O4/c1-3-8-23-12-17-28(29(21-23)37-2)38-20-7-19-35-27-10-5-4-9-26(27)34-30(35)11-6-18-33-31(36)22-39-25-15-13-24(32)14-16-25/h3-5,9-10,12-17,21H,1,6-8,11,18-20,22H2,2H3,(H,33,36). The lowest BCUT2D eigenvalue weighted by Crippen LogP contribution is -2.30. The van der Waals surface area contributed by atoms with Gasteiger partial charge >= 0.3 is 0 Å². The van der Waals surface area contributed by atoms with E-state index in [4.69, 9.17) is 30.8 Å². The summed E-state index contributed by atoms with van der Waals surface area (Å²) in [5, 5.41) is 3.54. The third-order valence-electron chi connectivity index (χ3n) is 6.21. The predicted octanol–water partition coefficient (Wildman–Crippen LogP) is 6.02. The number of ether oxygens (including phenoxy) is 3. The van der Waals surface area contributed by atoms with Crippen LogP contribution in [0.4, 0.5) is 0 Å². The van der Waals surface area contributed by atoms with Crippen LogP contribution in [-0.2, 0) is 24.2 Å². The maximum Gasteiger partial charge on any atom is 0.257 e. The molecule has 4 aromatic rings. The molecular formula is C31H34ClN3O4. The quantitative estimate of drug-likeness (QED) is 0.145. The SMILES string of the molecule is C=CCc1ccc(OCCCn2c(CCCNC(=O)COc3ccc(Cl)cc3)nc3ccccc32)c(OC)c1. The van der Waals surface area contributed by atoms with Gasteiger partial charge in [-0.25, -0.2) is 4.98 Å². The first-order valence-corrected chi connectivity index (χ1v) is 13.4. The van der Waals surface area contributed by atoms with Crippen LogP contribution in [0.2, 0.25) is 5.02 Å². The summed E-state index contributed by atoms with van der Waals surface area (Å²) in [5.74, 6) is 2.90. The molecule has 204 valence electrons. The number of methoxy groups -OCH3 is 1. The average molecular weight is 548 g/mol. The van der Waals surface area contributed by atoms with Crippen molar-refractivity contribution >= 4 is 28.5 Å². The van der Waals surface area contributed by atoms with Crippen LogP contribution in [0.3, 0.4) is 0 Å². The van der Waals surface area contributed by atoms with Gasteiger partial charge in [0.15, 0.2) is 18.1 Å². The van der Waals surface area contributed by atoms with E-state index in [1.54, 1.807) is 31.4 Å². The number of nitrogens with zero attached hydrogens (tertiary/aromatic N) is 2. The Morgan fingerprint density at radius 3 is 2.67 bits per heavy atom. The summed E-state index contributed by atoms with van der Waals surface area (Å²) in [5.41, 5.74) is 3.20. The van der Waals surface area contributed by atoms with E-state index in [1.807, 2.05) is 42.5 Å². The Hall–Kier alpha value is -3.97. The Bertz CT molecular complexity index is 1380. The second-order valence-electron chi connectivity index (χ2n) is 9.04. The smallest absolute Gasteiger partial charge is 0.257 e. The second kappa shape index (κ2) is 14.3. The van der Waals surface area contributed by atoms with Gasteiger partial charge in [0.1, 0.15) is 11.6 Å². The molecule has 0 spiro atoms. The molecule has 1 amide bonds. The van der Waals surface area contributed by atoms with E-state index in [0.29, 0.717) is 23.9 Å². The van der Waals surface area contributed by atoms with Crippen LogP contribution >= 0.6 is 11.6 Å². The highest BCUT2D eigenvalue weighted by Crippen LogP contribution is 2.28. The molecule has 1 aromatic heterocycles. The van der Waals surface area contributed by atoms with Crippen molar-refractivity contribution in [1.29, 1.82) is 0 Å². The molecule has 0 saturated heterocycles. The van der Waals surface area contributed by atoms with Gasteiger partial charge in [-0.05, 0) is 73.4 Å². The van der Waals surface area contributed by atoms with Crippen molar-refractivity contribution in [3.63, 3.8) is 0 Å². The van der Waals surface area contributed by atoms with Crippen molar-refractivity contribution in [3.05, 3.63) is 95.8 Å². The van der Waals surface area contributed by atoms with Crippen LogP contribution in [0, 0.1) is 0 Å². The molecule has 0 fully saturated rings. The molecule has 1 heterocycles. The van der Waals surface area contributed by atoms with Crippen LogP contribution in [0.25, 0.3) is 11.0 Å². The van der Waals surface area contributed by atoms with Gasteiger partial charge in [-0.3, -0.25) is 4.79 Å². The lowest BCUT2D eigenvalue weighted by molar-refractivity contribution is -0.123. The summed E-state index contributed by atoms with van der Waals surface area (Å²) < 4.78 is 19.3. The Morgan fingerprint density at radius 1 is 1.05 bits per heavy atom. The van der Waals surface area contributed by atoms with Crippen molar-refractivity contribution in [2.24, 2.45) is 0 Å². The first-order valence-electron chi connectivity index (χ1n) is 13.1. The molecular weight excluding hydrogens is 514 g/mol. The maximum absolute atomic E-state index is 12.2. The van der Waals surface area contributed by atoms with E-state index < -0.39 is 0 Å². The third-order valence-corrected chi connectivity index (χ3v) is 6.46. The van der Waals surface area contributed by atoms with E-state index in [9.17, 15) is 4.79 Å². The van der Waals surface area contributed by atoms with E-state index in [0.717, 1.165) is 66.1 Å². The number of imidazole rings is 1. The number of halogens is 1. The van der Waals surface area contributed by atoms with Gasteiger partial charge in [0, 0.05) is 24.5 Å². The van der Waals surface area contributed by atoms with E-state index in [2.05, 4.69) is 22.5 Å². The number of rotatable bonds is 15. The predicted molar refractivity (Wildman–Crippen MR) is 155 cm³/mol. The molecule has 1 N–H and O–H groups in total. The van der Waals surface area contributed by atoms with Crippen molar-refractivity contribution in [1.82, 2.24) is 14.9 Å². The van der Waals surface area contributed by atoms with Crippen LogP contribution in [0.15, 0.2) is 79.4 Å². The van der Waals surface area contributed by atoms with E-state index in [-0.39, 0.29) is 12.5 Å². The van der Waals surface area contributed by atoms with Gasteiger partial charge in [0.2, 0.25) is 0 Å². The van der Waals surface area contributed by atoms with Gasteiger partial charge in [-0.2, -0.15) is 0 Å². The molecule has 39 heavy (non-hydrogen) atoms. The normalized spacial score (nSPS) is 10.8. The molecule has 3 aromatic carbocycles. The number of aryl methyl sites for hydroxylation is 2. The Balaban J connectivity index is 1.27. The van der Waals surface area contributed by atoms with Gasteiger partial charge in [-0.15, -0.1) is 6.58 Å². The molecule has 0 unspecified atom stereocenters. The summed E-state index contributed by atoms with van der Waals surface area (Å²) in [7, 11) is 1.65. The lowest BCUT2D eigenvalue weighted by atomic mass is 10.1. The molecule has 7 nitrogen and oxygen atoms in total. The van der Waals surface area contributed by atoms with Crippen molar-refractivity contribution in [2.75, 3.05) is 26.9 Å². The molecule has 0 radical (unpaired) electrons. The summed E-state index contributed by atoms with van der Waals surface area (Å²) in [6.07, 6.45) is 4.97. The summed E-state index contributed by atoms with van der Waals surface area (Å²) in [6, 6.07) is 21.0. The highest BCUT2D eigenvalue weighted by atomic mass is 35.5. The molecule has 0 atom stereocenters. The molecule has 0 aliphatic carbocycles. The zero-order valence-electron chi connectivity index (χ0n) is 22.2. The molecule has 0 aliphatic heterocycles. The first-order chi connectivity index (χ1) is 19.1. The van der Waals surface area contributed by atoms with Crippen LogP contribution < -0.4 is 19.5 Å². The van der Waals surface area contributed by atoms with Crippen LogP contribution in [-0.4, -0.2) is 42.3 Å². The fourth-order valence-corrected chi connectivity index (χ4v) is 4.43. The van der Waals surface area contributed by atoms with Crippen molar-refractivity contribution in [3.8, 4) is 17.2 Å². The van der Waals surface area contributed by atoms with E-state index >= 15 is 0 Å². The number of amides is 1. The number of carbonyl (C=O) groups excluding carboxylic acids is 1. The van der Waals surface area contributed by atoms with E-state index in [1.165, 1.54) is 0 Å². The number of allylic oxidation sites excluding steroid dienone is 1. The lowest BCUT2D eigenvalue weighted by Gasteiger charge is -2.13. The number of nitrogens with one attached hydrogen (secondary N) is 1. The Labute approximate surface area is 234 Å². The minimum absolute atomic E-state index is 0.0398. The molecule has 4 rings (SSSR count). The molecule has 0 aliphatic rings. The van der Waals surface area contributed by atoms with Crippen LogP contribution in [0.5, 0.6) is 17.2 Å². The number of hydrogen-bond donors (Lipinski definition) is 1. The summed E-state index contributed by atoms with van der Waals surface area (Å²) in [6.45, 7) is 5.61. The number of hydrogen-bond acceptors (Lipinski definition) is 5. The van der Waals surface area contributed by atoms with Crippen LogP contribution in [0.1, 0.15) is 24.2 Å². The number of benzene rings is 3. The first kappa shape index (κ1) is 28.0. The van der Waals surface area contributed by atoms with Crippen molar-refractivity contribution in [2.45, 2.75) is 32.2 Å². The zero-order valence-corrected chi connectivity index (χ0v) is 23.0. The molecule has 8 heteroatoms. The highest BCUT2D eigenvalue weighted by Gasteiger charge is 2.12. The highest BCUT2D eigenvalue weighted by molar-refractivity contribution is 6.30. The Morgan fingerprint density at radius 2 is 1.87 bits per heavy atom. The number of para-hydroxylation sites is 2. The van der Waals surface area contributed by atoms with Crippen molar-refractivity contribution < 1.29 is 19.0 Å². The topological polar surface area (TPSA) is 74.6 Å². The number of carbonyl (C=O) groups is 1. The minimum atomic E-state index is -0.163. The largest absolute Gasteiger partial charge is 0.493 e. The van der Waals surface area contributed by atoms with Gasteiger partial charge in [-0.1, -0.05) is 35.9 Å². The van der Waals surface area contributed by atoms with Gasteiger partial charge in [0.25, 0.3) is 5.91 Å². The zero-order chi connectivity index (χ0) is 27.5. The minimum Gasteiger partial charge on any atom is -0.493 e. The second-order valence-corrected chi connectivity index (χ2v) is 9.48. The number of fused-ring (bicyclic) bond motifs is 1. The Kier molecular flexibility index (Phi) is 10.3. The average Bonchev–Trinajstić information content (AvgIpc) is 3.31. The van der Waals surface area contributed by atoms with Gasteiger partial charge in [0.05, 0.1) is 24.8 Å². The molecule has 0 bridgehead atoms. The fourth-order valence-electron chi connectivity index (χ4n) is 4.30. The summed E-state index contributed by atoms with van der Waals surface area (Å²) in [4.78, 5) is 17.0. The number of aromatic nitrogens is 2. The maximum atomic E-state index is 12.2. The summed E-state index contributed by atoms with van der Waals surface area (Å²) >= 11 is 5.88.